The van der Waals surface area contributed by atoms with Gasteiger partial charge in [-0.25, -0.2) is 0 Å². The SMILES string of the molecule is CCCC(C)c1ccccc1-c1cccc(-c2cccc(-c3ccc4c(c3)Cc3cc(C)ccc3-4)c2C)c1C. The first kappa shape index (κ1) is 25.4. The molecule has 0 spiro atoms. The summed E-state index contributed by atoms with van der Waals surface area (Å²) < 4.78 is 0. The molecule has 0 saturated heterocycles. The Bertz CT molecular complexity index is 1680. The molecule has 1 unspecified atom stereocenters. The predicted molar refractivity (Wildman–Crippen MR) is 169 cm³/mol. The molecular formula is C39H38. The van der Waals surface area contributed by atoms with Crippen molar-refractivity contribution in [3.8, 4) is 44.5 Å². The van der Waals surface area contributed by atoms with E-state index in [1.165, 1.54) is 90.7 Å². The molecule has 1 aliphatic rings. The van der Waals surface area contributed by atoms with E-state index in [4.69, 9.17) is 0 Å². The van der Waals surface area contributed by atoms with Gasteiger partial charge in [0, 0.05) is 0 Å². The zero-order chi connectivity index (χ0) is 27.1. The number of hydrogen-bond acceptors (Lipinski definition) is 0. The summed E-state index contributed by atoms with van der Waals surface area (Å²) in [5, 5.41) is 0. The van der Waals surface area contributed by atoms with Gasteiger partial charge in [0.1, 0.15) is 0 Å². The topological polar surface area (TPSA) is 0 Å². The molecule has 0 amide bonds. The van der Waals surface area contributed by atoms with Crippen LogP contribution in [0.4, 0.5) is 0 Å². The summed E-state index contributed by atoms with van der Waals surface area (Å²) in [6, 6.07) is 36.6. The number of rotatable bonds is 6. The number of benzene rings is 5. The van der Waals surface area contributed by atoms with Crippen molar-refractivity contribution < 1.29 is 0 Å². The summed E-state index contributed by atoms with van der Waals surface area (Å²) in [4.78, 5) is 0. The Morgan fingerprint density at radius 2 is 1.13 bits per heavy atom. The van der Waals surface area contributed by atoms with Crippen LogP contribution in [0.15, 0.2) is 97.1 Å². The minimum absolute atomic E-state index is 0.550. The smallest absolute Gasteiger partial charge is 0.00131 e. The van der Waals surface area contributed by atoms with Crippen molar-refractivity contribution in [2.24, 2.45) is 0 Å². The van der Waals surface area contributed by atoms with Gasteiger partial charge in [0.15, 0.2) is 0 Å². The molecule has 0 nitrogen and oxygen atoms in total. The number of hydrogen-bond donors (Lipinski definition) is 0. The highest BCUT2D eigenvalue weighted by Gasteiger charge is 2.20. The van der Waals surface area contributed by atoms with Gasteiger partial charge in [-0.1, -0.05) is 123 Å². The highest BCUT2D eigenvalue weighted by molar-refractivity contribution is 5.86. The molecule has 0 heteroatoms. The maximum atomic E-state index is 2.42. The van der Waals surface area contributed by atoms with Crippen molar-refractivity contribution in [2.75, 3.05) is 0 Å². The van der Waals surface area contributed by atoms with Gasteiger partial charge in [0.05, 0.1) is 0 Å². The van der Waals surface area contributed by atoms with Crippen LogP contribution >= 0.6 is 0 Å². The Labute approximate surface area is 234 Å². The molecule has 194 valence electrons. The Morgan fingerprint density at radius 3 is 1.85 bits per heavy atom. The van der Waals surface area contributed by atoms with E-state index < -0.39 is 0 Å². The van der Waals surface area contributed by atoms with E-state index in [1.807, 2.05) is 0 Å². The van der Waals surface area contributed by atoms with Gasteiger partial charge in [-0.15, -0.1) is 0 Å². The minimum atomic E-state index is 0.550. The molecule has 5 aromatic rings. The molecule has 0 radical (unpaired) electrons. The maximum Gasteiger partial charge on any atom is -0.00131 e. The van der Waals surface area contributed by atoms with Gasteiger partial charge in [-0.2, -0.15) is 0 Å². The van der Waals surface area contributed by atoms with Gasteiger partial charge in [0.25, 0.3) is 0 Å². The highest BCUT2D eigenvalue weighted by Crippen LogP contribution is 2.42. The van der Waals surface area contributed by atoms with E-state index in [2.05, 4.69) is 132 Å². The first-order valence-corrected chi connectivity index (χ1v) is 14.5. The van der Waals surface area contributed by atoms with E-state index in [9.17, 15) is 0 Å². The fraction of sp³-hybridized carbons (Fsp3) is 0.231. The summed E-state index contributed by atoms with van der Waals surface area (Å²) in [7, 11) is 0. The first-order chi connectivity index (χ1) is 19.0. The fourth-order valence-corrected chi connectivity index (χ4v) is 6.73. The van der Waals surface area contributed by atoms with Gasteiger partial charge >= 0.3 is 0 Å². The van der Waals surface area contributed by atoms with Crippen molar-refractivity contribution in [2.45, 2.75) is 59.8 Å². The lowest BCUT2D eigenvalue weighted by Crippen LogP contribution is -1.98. The lowest BCUT2D eigenvalue weighted by atomic mass is 9.84. The Balaban J connectivity index is 1.41. The molecule has 0 aromatic heterocycles. The van der Waals surface area contributed by atoms with E-state index >= 15 is 0 Å². The fourth-order valence-electron chi connectivity index (χ4n) is 6.73. The van der Waals surface area contributed by atoms with Crippen LogP contribution in [-0.2, 0) is 6.42 Å². The summed E-state index contributed by atoms with van der Waals surface area (Å²) in [5.74, 6) is 0.550. The standard InChI is InChI=1S/C39H38/c1-6-11-26(3)32-12-7-8-13-39(32)36-17-10-16-35(28(36)5)34-15-9-14-33(27(34)4)29-19-21-38-31(23-29)24-30-22-25(2)18-20-37(30)38/h7-10,12-23,26H,6,11,24H2,1-5H3. The zero-order valence-corrected chi connectivity index (χ0v) is 23.9. The second-order valence-corrected chi connectivity index (χ2v) is 11.4. The molecule has 39 heavy (non-hydrogen) atoms. The normalized spacial score (nSPS) is 12.7. The molecule has 0 N–H and O–H groups in total. The van der Waals surface area contributed by atoms with Gasteiger partial charge in [-0.3, -0.25) is 0 Å². The van der Waals surface area contributed by atoms with Crippen LogP contribution in [0.25, 0.3) is 44.5 Å². The van der Waals surface area contributed by atoms with Crippen molar-refractivity contribution >= 4 is 0 Å². The third-order valence-corrected chi connectivity index (χ3v) is 8.81. The summed E-state index contributed by atoms with van der Waals surface area (Å²) in [6.07, 6.45) is 3.44. The maximum absolute atomic E-state index is 2.42. The molecule has 1 aliphatic carbocycles. The van der Waals surface area contributed by atoms with Crippen molar-refractivity contribution in [1.29, 1.82) is 0 Å². The highest BCUT2D eigenvalue weighted by atomic mass is 14.2. The Morgan fingerprint density at radius 1 is 0.564 bits per heavy atom. The van der Waals surface area contributed by atoms with Gasteiger partial charge in [0.2, 0.25) is 0 Å². The first-order valence-electron chi connectivity index (χ1n) is 14.5. The Kier molecular flexibility index (Phi) is 6.73. The lowest BCUT2D eigenvalue weighted by molar-refractivity contribution is 0.666. The third kappa shape index (κ3) is 4.53. The lowest BCUT2D eigenvalue weighted by Gasteiger charge is -2.20. The van der Waals surface area contributed by atoms with E-state index in [1.54, 1.807) is 0 Å². The average molecular weight is 507 g/mol. The number of fused-ring (bicyclic) bond motifs is 3. The van der Waals surface area contributed by atoms with Gasteiger partial charge < -0.3 is 0 Å². The summed E-state index contributed by atoms with van der Waals surface area (Å²) in [6.45, 7) is 11.4. The summed E-state index contributed by atoms with van der Waals surface area (Å²) in [5.41, 5.74) is 19.2. The molecule has 0 heterocycles. The third-order valence-electron chi connectivity index (χ3n) is 8.81. The number of aryl methyl sites for hydroxylation is 1. The monoisotopic (exact) mass is 506 g/mol. The van der Waals surface area contributed by atoms with Crippen LogP contribution in [0.3, 0.4) is 0 Å². The molecule has 1 atom stereocenters. The molecular weight excluding hydrogens is 468 g/mol. The predicted octanol–water partition coefficient (Wildman–Crippen LogP) is 11.1. The van der Waals surface area contributed by atoms with Crippen LogP contribution in [0.1, 0.15) is 66.0 Å². The van der Waals surface area contributed by atoms with Crippen LogP contribution in [0, 0.1) is 20.8 Å². The van der Waals surface area contributed by atoms with Crippen LogP contribution in [0.5, 0.6) is 0 Å². The van der Waals surface area contributed by atoms with Gasteiger partial charge in [-0.05, 0) is 112 Å². The van der Waals surface area contributed by atoms with Crippen LogP contribution in [0.2, 0.25) is 0 Å². The summed E-state index contributed by atoms with van der Waals surface area (Å²) >= 11 is 0. The minimum Gasteiger partial charge on any atom is -0.0654 e. The van der Waals surface area contributed by atoms with E-state index in [0.29, 0.717) is 5.92 Å². The largest absolute Gasteiger partial charge is 0.0654 e. The second kappa shape index (κ2) is 10.3. The molecule has 0 bridgehead atoms. The molecule has 0 fully saturated rings. The molecule has 5 aromatic carbocycles. The van der Waals surface area contributed by atoms with Crippen molar-refractivity contribution in [3.05, 3.63) is 130 Å². The Hall–Kier alpha value is -3.90. The van der Waals surface area contributed by atoms with Crippen LogP contribution in [-0.4, -0.2) is 0 Å². The zero-order valence-electron chi connectivity index (χ0n) is 23.9. The molecule has 0 aliphatic heterocycles. The van der Waals surface area contributed by atoms with Crippen LogP contribution < -0.4 is 0 Å². The van der Waals surface area contributed by atoms with Crippen molar-refractivity contribution in [3.63, 3.8) is 0 Å². The van der Waals surface area contributed by atoms with E-state index in [0.717, 1.165) is 6.42 Å². The average Bonchev–Trinajstić information content (AvgIpc) is 3.30. The molecule has 0 saturated carbocycles. The second-order valence-electron chi connectivity index (χ2n) is 11.4. The molecule has 6 rings (SSSR count). The quantitative estimate of drug-likeness (QED) is 0.211. The van der Waals surface area contributed by atoms with E-state index in [-0.39, 0.29) is 0 Å². The van der Waals surface area contributed by atoms with Crippen molar-refractivity contribution in [1.82, 2.24) is 0 Å².